The molecule has 1 rings (SSSR count). The number of hydrogen-bond acceptors (Lipinski definition) is 3. The van der Waals surface area contributed by atoms with E-state index in [0.717, 1.165) is 11.3 Å². The van der Waals surface area contributed by atoms with Gasteiger partial charge in [-0.3, -0.25) is 9.59 Å². The summed E-state index contributed by atoms with van der Waals surface area (Å²) in [6.07, 6.45) is 0.288. The number of amides is 1. The molecule has 0 saturated heterocycles. The lowest BCUT2D eigenvalue weighted by Gasteiger charge is -2.20. The fourth-order valence-corrected chi connectivity index (χ4v) is 1.93. The number of carbonyl (C=O) groups is 2. The highest BCUT2D eigenvalue weighted by atomic mass is 16.5. The number of nitrogens with one attached hydrogen (secondary N) is 1. The fraction of sp³-hybridized carbons (Fsp3) is 0.500. The molecule has 0 saturated carbocycles. The highest BCUT2D eigenvalue weighted by Crippen LogP contribution is 2.28. The van der Waals surface area contributed by atoms with Crippen LogP contribution in [0.1, 0.15) is 38.7 Å². The first-order valence-electron chi connectivity index (χ1n) is 6.91. The second-order valence-corrected chi connectivity index (χ2v) is 5.81. The molecule has 0 radical (unpaired) electrons. The summed E-state index contributed by atoms with van der Waals surface area (Å²) in [5.74, 6) is -0.346. The molecule has 0 spiro atoms. The number of carboxylic acid groups (broad SMARTS) is 1. The second kappa shape index (κ2) is 7.11. The van der Waals surface area contributed by atoms with Crippen molar-refractivity contribution >= 4 is 11.9 Å². The van der Waals surface area contributed by atoms with Gasteiger partial charge in [-0.15, -0.1) is 0 Å². The van der Waals surface area contributed by atoms with E-state index in [9.17, 15) is 9.59 Å². The maximum atomic E-state index is 12.0. The number of ether oxygens (including phenoxy) is 1. The number of benzene rings is 1. The van der Waals surface area contributed by atoms with Crippen LogP contribution in [0, 0.1) is 5.41 Å². The maximum absolute atomic E-state index is 12.0. The summed E-state index contributed by atoms with van der Waals surface area (Å²) in [6, 6.07) is 7.57. The fourth-order valence-electron chi connectivity index (χ4n) is 1.93. The van der Waals surface area contributed by atoms with Gasteiger partial charge in [-0.1, -0.05) is 25.1 Å². The lowest BCUT2D eigenvalue weighted by atomic mass is 9.93. The van der Waals surface area contributed by atoms with Crippen molar-refractivity contribution in [3.63, 3.8) is 0 Å². The molecule has 1 atom stereocenters. The van der Waals surface area contributed by atoms with E-state index in [1.165, 1.54) is 0 Å². The van der Waals surface area contributed by atoms with Gasteiger partial charge in [-0.25, -0.2) is 0 Å². The third kappa shape index (κ3) is 4.77. The first kappa shape index (κ1) is 17.0. The van der Waals surface area contributed by atoms with Gasteiger partial charge in [0.1, 0.15) is 5.75 Å². The monoisotopic (exact) mass is 293 g/mol. The van der Waals surface area contributed by atoms with Crippen LogP contribution < -0.4 is 10.1 Å². The molecular formula is C16H23NO4. The van der Waals surface area contributed by atoms with Crippen LogP contribution in [0.2, 0.25) is 0 Å². The molecule has 0 aliphatic carbocycles. The van der Waals surface area contributed by atoms with E-state index in [0.29, 0.717) is 0 Å². The summed E-state index contributed by atoms with van der Waals surface area (Å²) in [6.45, 7) is 5.22. The van der Waals surface area contributed by atoms with Crippen molar-refractivity contribution in [1.82, 2.24) is 5.32 Å². The Hall–Kier alpha value is -2.04. The van der Waals surface area contributed by atoms with E-state index in [1.54, 1.807) is 21.0 Å². The topological polar surface area (TPSA) is 75.6 Å². The van der Waals surface area contributed by atoms with Gasteiger partial charge in [-0.2, -0.15) is 0 Å². The minimum absolute atomic E-state index is 0.00547. The van der Waals surface area contributed by atoms with Crippen LogP contribution in [0.25, 0.3) is 0 Å². The maximum Gasteiger partial charge on any atom is 0.310 e. The van der Waals surface area contributed by atoms with Crippen molar-refractivity contribution in [2.45, 2.75) is 33.1 Å². The molecule has 21 heavy (non-hydrogen) atoms. The van der Waals surface area contributed by atoms with Gasteiger partial charge in [0, 0.05) is 13.0 Å². The lowest BCUT2D eigenvalue weighted by Crippen LogP contribution is -2.39. The molecule has 0 aromatic heterocycles. The van der Waals surface area contributed by atoms with Gasteiger partial charge < -0.3 is 15.2 Å². The van der Waals surface area contributed by atoms with Gasteiger partial charge in [0.2, 0.25) is 5.91 Å². The van der Waals surface area contributed by atoms with Gasteiger partial charge in [0.05, 0.1) is 12.5 Å². The molecule has 116 valence electrons. The average Bonchev–Trinajstić information content (AvgIpc) is 2.45. The van der Waals surface area contributed by atoms with E-state index in [4.69, 9.17) is 9.84 Å². The molecule has 5 heteroatoms. The molecule has 0 aliphatic heterocycles. The SMILES string of the molecule is COc1ccccc1C(C)CC(=O)NCC(C)(C)C(=O)O. The lowest BCUT2D eigenvalue weighted by molar-refractivity contribution is -0.146. The molecule has 0 aliphatic rings. The normalized spacial score (nSPS) is 12.6. The summed E-state index contributed by atoms with van der Waals surface area (Å²) in [4.78, 5) is 22.9. The molecular weight excluding hydrogens is 270 g/mol. The Bertz CT molecular complexity index is 511. The van der Waals surface area contributed by atoms with Crippen LogP contribution >= 0.6 is 0 Å². The van der Waals surface area contributed by atoms with E-state index >= 15 is 0 Å². The quantitative estimate of drug-likeness (QED) is 0.809. The highest BCUT2D eigenvalue weighted by molar-refractivity contribution is 5.79. The Labute approximate surface area is 125 Å². The first-order valence-corrected chi connectivity index (χ1v) is 6.91. The van der Waals surface area contributed by atoms with E-state index in [2.05, 4.69) is 5.32 Å². The van der Waals surface area contributed by atoms with Crippen LogP contribution in [0.15, 0.2) is 24.3 Å². The smallest absolute Gasteiger partial charge is 0.310 e. The Morgan fingerprint density at radius 1 is 1.33 bits per heavy atom. The van der Waals surface area contributed by atoms with Gasteiger partial charge in [-0.05, 0) is 31.4 Å². The van der Waals surface area contributed by atoms with Crippen molar-refractivity contribution in [3.05, 3.63) is 29.8 Å². The zero-order chi connectivity index (χ0) is 16.0. The van der Waals surface area contributed by atoms with Crippen LogP contribution in [0.3, 0.4) is 0 Å². The number of carbonyl (C=O) groups excluding carboxylic acids is 1. The Morgan fingerprint density at radius 3 is 2.52 bits per heavy atom. The highest BCUT2D eigenvalue weighted by Gasteiger charge is 2.27. The first-order chi connectivity index (χ1) is 9.77. The van der Waals surface area contributed by atoms with Crippen molar-refractivity contribution in [3.8, 4) is 5.75 Å². The van der Waals surface area contributed by atoms with Crippen molar-refractivity contribution < 1.29 is 19.4 Å². The summed E-state index contributed by atoms with van der Waals surface area (Å²) in [5, 5.41) is 11.7. The Morgan fingerprint density at radius 2 is 1.95 bits per heavy atom. The van der Waals surface area contributed by atoms with Crippen LogP contribution in [0.4, 0.5) is 0 Å². The number of methoxy groups -OCH3 is 1. The summed E-state index contributed by atoms with van der Waals surface area (Å²) in [7, 11) is 1.60. The molecule has 0 bridgehead atoms. The molecule has 1 amide bonds. The van der Waals surface area contributed by atoms with E-state index in [1.807, 2.05) is 31.2 Å². The molecule has 1 unspecified atom stereocenters. The number of rotatable bonds is 7. The minimum atomic E-state index is -0.969. The van der Waals surface area contributed by atoms with E-state index in [-0.39, 0.29) is 24.8 Å². The third-order valence-electron chi connectivity index (χ3n) is 3.47. The Kier molecular flexibility index (Phi) is 5.76. The van der Waals surface area contributed by atoms with Crippen molar-refractivity contribution in [2.24, 2.45) is 5.41 Å². The molecule has 5 nitrogen and oxygen atoms in total. The van der Waals surface area contributed by atoms with Crippen LogP contribution in [0.5, 0.6) is 5.75 Å². The van der Waals surface area contributed by atoms with Crippen LogP contribution in [-0.4, -0.2) is 30.6 Å². The number of para-hydroxylation sites is 1. The molecule has 1 aromatic carbocycles. The van der Waals surface area contributed by atoms with Gasteiger partial charge in [0.15, 0.2) is 0 Å². The molecule has 0 heterocycles. The van der Waals surface area contributed by atoms with E-state index < -0.39 is 11.4 Å². The standard InChI is InChI=1S/C16H23NO4/c1-11(12-7-5-6-8-13(12)21-4)9-14(18)17-10-16(2,3)15(19)20/h5-8,11H,9-10H2,1-4H3,(H,17,18)(H,19,20). The average molecular weight is 293 g/mol. The predicted molar refractivity (Wildman–Crippen MR) is 80.5 cm³/mol. The molecule has 1 aromatic rings. The summed E-state index contributed by atoms with van der Waals surface area (Å²) < 4.78 is 5.28. The van der Waals surface area contributed by atoms with Gasteiger partial charge in [0.25, 0.3) is 0 Å². The largest absolute Gasteiger partial charge is 0.496 e. The van der Waals surface area contributed by atoms with Gasteiger partial charge >= 0.3 is 5.97 Å². The van der Waals surface area contributed by atoms with Crippen molar-refractivity contribution in [2.75, 3.05) is 13.7 Å². The minimum Gasteiger partial charge on any atom is -0.496 e. The third-order valence-corrected chi connectivity index (χ3v) is 3.47. The number of carboxylic acids is 1. The zero-order valence-electron chi connectivity index (χ0n) is 13.0. The summed E-state index contributed by atoms with van der Waals surface area (Å²) in [5.41, 5.74) is -0.00350. The van der Waals surface area contributed by atoms with Crippen molar-refractivity contribution in [1.29, 1.82) is 0 Å². The number of aliphatic carboxylic acids is 1. The number of hydrogen-bond donors (Lipinski definition) is 2. The molecule has 2 N–H and O–H groups in total. The molecule has 0 fully saturated rings. The Balaban J connectivity index is 2.61. The summed E-state index contributed by atoms with van der Waals surface area (Å²) >= 11 is 0. The zero-order valence-corrected chi connectivity index (χ0v) is 13.0. The second-order valence-electron chi connectivity index (χ2n) is 5.81. The van der Waals surface area contributed by atoms with Crippen LogP contribution in [-0.2, 0) is 9.59 Å². The predicted octanol–water partition coefficient (Wildman–Crippen LogP) is 2.42.